The number of rotatable bonds is 6. The summed E-state index contributed by atoms with van der Waals surface area (Å²) in [4.78, 5) is 4.60. The SMILES string of the molecule is COc1ccc(-c2csc(NCC(C)C)n2)c(OC)c1. The van der Waals surface area contributed by atoms with Crippen LogP contribution in [0.1, 0.15) is 13.8 Å². The number of thiazole rings is 1. The summed E-state index contributed by atoms with van der Waals surface area (Å²) in [7, 11) is 3.30. The topological polar surface area (TPSA) is 43.4 Å². The lowest BCUT2D eigenvalue weighted by molar-refractivity contribution is 0.395. The first kappa shape index (κ1) is 14.7. The van der Waals surface area contributed by atoms with Crippen LogP contribution in [0.2, 0.25) is 0 Å². The molecule has 0 aliphatic heterocycles. The van der Waals surface area contributed by atoms with E-state index in [9.17, 15) is 0 Å². The van der Waals surface area contributed by atoms with Gasteiger partial charge in [0.15, 0.2) is 5.13 Å². The van der Waals surface area contributed by atoms with Crippen LogP contribution in [0, 0.1) is 5.92 Å². The minimum absolute atomic E-state index is 0.595. The van der Waals surface area contributed by atoms with Crippen LogP contribution >= 0.6 is 11.3 Å². The van der Waals surface area contributed by atoms with E-state index in [0.29, 0.717) is 5.92 Å². The molecule has 0 aliphatic rings. The average molecular weight is 292 g/mol. The van der Waals surface area contributed by atoms with E-state index in [1.54, 1.807) is 25.6 Å². The first-order valence-electron chi connectivity index (χ1n) is 6.55. The number of anilines is 1. The van der Waals surface area contributed by atoms with E-state index in [0.717, 1.165) is 34.4 Å². The highest BCUT2D eigenvalue weighted by Crippen LogP contribution is 2.34. The zero-order chi connectivity index (χ0) is 14.5. The van der Waals surface area contributed by atoms with E-state index in [4.69, 9.17) is 9.47 Å². The third-order valence-electron chi connectivity index (χ3n) is 2.85. The van der Waals surface area contributed by atoms with Gasteiger partial charge in [0.2, 0.25) is 0 Å². The molecule has 1 aromatic heterocycles. The molecule has 0 unspecified atom stereocenters. The van der Waals surface area contributed by atoms with Gasteiger partial charge in [0, 0.05) is 23.6 Å². The normalized spacial score (nSPS) is 10.7. The minimum Gasteiger partial charge on any atom is -0.497 e. The monoisotopic (exact) mass is 292 g/mol. The smallest absolute Gasteiger partial charge is 0.183 e. The van der Waals surface area contributed by atoms with Gasteiger partial charge in [0.1, 0.15) is 11.5 Å². The van der Waals surface area contributed by atoms with E-state index in [-0.39, 0.29) is 0 Å². The fourth-order valence-electron chi connectivity index (χ4n) is 1.78. The maximum absolute atomic E-state index is 5.41. The summed E-state index contributed by atoms with van der Waals surface area (Å²) < 4.78 is 10.6. The third-order valence-corrected chi connectivity index (χ3v) is 3.65. The Hall–Kier alpha value is -1.75. The van der Waals surface area contributed by atoms with Crippen molar-refractivity contribution in [1.82, 2.24) is 4.98 Å². The molecule has 0 bridgehead atoms. The van der Waals surface area contributed by atoms with Crippen LogP contribution < -0.4 is 14.8 Å². The summed E-state index contributed by atoms with van der Waals surface area (Å²) in [5.41, 5.74) is 1.89. The molecule has 108 valence electrons. The highest BCUT2D eigenvalue weighted by atomic mass is 32.1. The average Bonchev–Trinajstić information content (AvgIpc) is 2.93. The van der Waals surface area contributed by atoms with Crippen molar-refractivity contribution in [1.29, 1.82) is 0 Å². The summed E-state index contributed by atoms with van der Waals surface area (Å²) in [6.45, 7) is 5.27. The quantitative estimate of drug-likeness (QED) is 0.877. The second kappa shape index (κ2) is 6.61. The largest absolute Gasteiger partial charge is 0.497 e. The van der Waals surface area contributed by atoms with Crippen molar-refractivity contribution in [3.05, 3.63) is 23.6 Å². The Morgan fingerprint density at radius 1 is 1.25 bits per heavy atom. The molecule has 2 rings (SSSR count). The Morgan fingerprint density at radius 3 is 2.70 bits per heavy atom. The number of nitrogens with one attached hydrogen (secondary N) is 1. The van der Waals surface area contributed by atoms with Crippen LogP contribution in [-0.4, -0.2) is 25.7 Å². The number of nitrogens with zero attached hydrogens (tertiary/aromatic N) is 1. The lowest BCUT2D eigenvalue weighted by Crippen LogP contribution is -2.07. The van der Waals surface area contributed by atoms with Crippen molar-refractivity contribution in [2.75, 3.05) is 26.1 Å². The highest BCUT2D eigenvalue weighted by Gasteiger charge is 2.11. The standard InChI is InChI=1S/C15H20N2O2S/c1-10(2)8-16-15-17-13(9-20-15)12-6-5-11(18-3)7-14(12)19-4/h5-7,9-10H,8H2,1-4H3,(H,16,17). The molecule has 0 radical (unpaired) electrons. The molecule has 0 aliphatic carbocycles. The van der Waals surface area contributed by atoms with Gasteiger partial charge in [-0.05, 0) is 18.1 Å². The Kier molecular flexibility index (Phi) is 4.84. The number of benzene rings is 1. The summed E-state index contributed by atoms with van der Waals surface area (Å²) in [6.07, 6.45) is 0. The van der Waals surface area contributed by atoms with Crippen LogP contribution in [0.25, 0.3) is 11.3 Å². The highest BCUT2D eigenvalue weighted by molar-refractivity contribution is 7.14. The van der Waals surface area contributed by atoms with Crippen LogP contribution in [0.3, 0.4) is 0 Å². The number of methoxy groups -OCH3 is 2. The maximum Gasteiger partial charge on any atom is 0.183 e. The molecule has 2 aromatic rings. The van der Waals surface area contributed by atoms with Gasteiger partial charge < -0.3 is 14.8 Å². The fourth-order valence-corrected chi connectivity index (χ4v) is 2.50. The summed E-state index contributed by atoms with van der Waals surface area (Å²) in [6, 6.07) is 5.76. The molecule has 0 saturated carbocycles. The molecule has 1 heterocycles. The summed E-state index contributed by atoms with van der Waals surface area (Å²) >= 11 is 1.61. The first-order valence-corrected chi connectivity index (χ1v) is 7.43. The number of aromatic nitrogens is 1. The van der Waals surface area contributed by atoms with Crippen molar-refractivity contribution in [2.45, 2.75) is 13.8 Å². The molecule has 1 aromatic carbocycles. The van der Waals surface area contributed by atoms with Crippen LogP contribution in [0.4, 0.5) is 5.13 Å². The lowest BCUT2D eigenvalue weighted by Gasteiger charge is -2.08. The number of hydrogen-bond donors (Lipinski definition) is 1. The zero-order valence-corrected chi connectivity index (χ0v) is 13.1. The van der Waals surface area contributed by atoms with Gasteiger partial charge in [0.05, 0.1) is 19.9 Å². The minimum atomic E-state index is 0.595. The van der Waals surface area contributed by atoms with Crippen molar-refractivity contribution >= 4 is 16.5 Å². The second-order valence-corrected chi connectivity index (χ2v) is 5.74. The third kappa shape index (κ3) is 3.42. The van der Waals surface area contributed by atoms with Gasteiger partial charge in [0.25, 0.3) is 0 Å². The van der Waals surface area contributed by atoms with Gasteiger partial charge in [-0.1, -0.05) is 13.8 Å². The Bertz CT molecular complexity index is 567. The Balaban J connectivity index is 2.23. The van der Waals surface area contributed by atoms with Gasteiger partial charge >= 0.3 is 0 Å². The molecule has 0 fully saturated rings. The Labute approximate surface area is 123 Å². The van der Waals surface area contributed by atoms with E-state index in [2.05, 4.69) is 24.1 Å². The molecular formula is C15H20N2O2S. The molecular weight excluding hydrogens is 272 g/mol. The van der Waals surface area contributed by atoms with Crippen molar-refractivity contribution < 1.29 is 9.47 Å². The first-order chi connectivity index (χ1) is 9.63. The van der Waals surface area contributed by atoms with Gasteiger partial charge in [-0.3, -0.25) is 0 Å². The molecule has 5 heteroatoms. The van der Waals surface area contributed by atoms with E-state index in [1.807, 2.05) is 23.6 Å². The molecule has 0 saturated heterocycles. The van der Waals surface area contributed by atoms with Gasteiger partial charge in [-0.2, -0.15) is 0 Å². The molecule has 4 nitrogen and oxygen atoms in total. The summed E-state index contributed by atoms with van der Waals surface area (Å²) in [5, 5.41) is 6.31. The van der Waals surface area contributed by atoms with Gasteiger partial charge in [-0.25, -0.2) is 4.98 Å². The van der Waals surface area contributed by atoms with E-state index >= 15 is 0 Å². The van der Waals surface area contributed by atoms with Crippen molar-refractivity contribution in [2.24, 2.45) is 5.92 Å². The van der Waals surface area contributed by atoms with Crippen molar-refractivity contribution in [3.8, 4) is 22.8 Å². The second-order valence-electron chi connectivity index (χ2n) is 4.88. The lowest BCUT2D eigenvalue weighted by atomic mass is 10.1. The van der Waals surface area contributed by atoms with Gasteiger partial charge in [-0.15, -0.1) is 11.3 Å². The molecule has 0 amide bonds. The molecule has 0 spiro atoms. The molecule has 0 atom stereocenters. The Morgan fingerprint density at radius 2 is 2.05 bits per heavy atom. The van der Waals surface area contributed by atoms with Crippen LogP contribution in [0.15, 0.2) is 23.6 Å². The molecule has 1 N–H and O–H groups in total. The molecule has 20 heavy (non-hydrogen) atoms. The summed E-state index contributed by atoms with van der Waals surface area (Å²) in [5.74, 6) is 2.14. The fraction of sp³-hybridized carbons (Fsp3) is 0.400. The van der Waals surface area contributed by atoms with Crippen LogP contribution in [0.5, 0.6) is 11.5 Å². The maximum atomic E-state index is 5.41. The predicted molar refractivity (Wildman–Crippen MR) is 84.0 cm³/mol. The number of ether oxygens (including phenoxy) is 2. The predicted octanol–water partition coefficient (Wildman–Crippen LogP) is 3.90. The van der Waals surface area contributed by atoms with E-state index < -0.39 is 0 Å². The van der Waals surface area contributed by atoms with Crippen LogP contribution in [-0.2, 0) is 0 Å². The van der Waals surface area contributed by atoms with E-state index in [1.165, 1.54) is 0 Å². The number of hydrogen-bond acceptors (Lipinski definition) is 5. The van der Waals surface area contributed by atoms with Crippen molar-refractivity contribution in [3.63, 3.8) is 0 Å². The zero-order valence-electron chi connectivity index (χ0n) is 12.3.